The summed E-state index contributed by atoms with van der Waals surface area (Å²) >= 11 is 0. The first-order chi connectivity index (χ1) is 13.7. The molecule has 6 heteroatoms. The highest BCUT2D eigenvalue weighted by Crippen LogP contribution is 2.23. The molecule has 28 heavy (non-hydrogen) atoms. The Morgan fingerprint density at radius 3 is 2.32 bits per heavy atom. The van der Waals surface area contributed by atoms with Crippen molar-refractivity contribution in [3.05, 3.63) is 90.5 Å². The quantitative estimate of drug-likeness (QED) is 0.355. The van der Waals surface area contributed by atoms with Crippen molar-refractivity contribution >= 4 is 17.4 Å². The van der Waals surface area contributed by atoms with Gasteiger partial charge in [-0.05, 0) is 29.8 Å². The minimum Gasteiger partial charge on any atom is -0.457 e. The molecule has 3 N–H and O–H groups in total. The summed E-state index contributed by atoms with van der Waals surface area (Å²) in [5, 5.41) is 6.52. The minimum atomic E-state index is -0.340. The Hall–Kier alpha value is -3.80. The van der Waals surface area contributed by atoms with Crippen LogP contribution in [0, 0.1) is 0 Å². The number of nitrogens with two attached hydrogens (primary N) is 1. The molecule has 0 aliphatic rings. The summed E-state index contributed by atoms with van der Waals surface area (Å²) < 4.78 is 5.75. The average Bonchev–Trinajstić information content (AvgIpc) is 2.70. The van der Waals surface area contributed by atoms with Crippen LogP contribution in [-0.2, 0) is 16.1 Å². The van der Waals surface area contributed by atoms with Gasteiger partial charge in [0.15, 0.2) is 6.61 Å². The van der Waals surface area contributed by atoms with E-state index in [-0.39, 0.29) is 12.5 Å². The van der Waals surface area contributed by atoms with Crippen molar-refractivity contribution in [2.45, 2.75) is 6.42 Å². The van der Waals surface area contributed by atoms with Crippen LogP contribution in [0.4, 0.5) is 5.69 Å². The van der Waals surface area contributed by atoms with Crippen molar-refractivity contribution in [3.8, 4) is 11.5 Å². The maximum absolute atomic E-state index is 12.0. The summed E-state index contributed by atoms with van der Waals surface area (Å²) in [4.78, 5) is 17.1. The fraction of sp³-hybridized carbons (Fsp3) is 0.0909. The molecule has 0 aromatic heterocycles. The number of benzene rings is 3. The molecule has 0 unspecified atom stereocenters. The summed E-state index contributed by atoms with van der Waals surface area (Å²) in [6, 6.07) is 26.2. The SMILES string of the molecule is N/C(Cc1ccccc1)=N\OCC(=O)Nc1cccc(Oc2ccccc2)c1. The van der Waals surface area contributed by atoms with E-state index in [9.17, 15) is 4.79 Å². The number of para-hydroxylation sites is 1. The molecule has 0 aliphatic carbocycles. The lowest BCUT2D eigenvalue weighted by Crippen LogP contribution is -2.20. The van der Waals surface area contributed by atoms with E-state index in [1.165, 1.54) is 0 Å². The fourth-order valence-electron chi connectivity index (χ4n) is 2.47. The van der Waals surface area contributed by atoms with Gasteiger partial charge in [0, 0.05) is 18.2 Å². The van der Waals surface area contributed by atoms with Crippen LogP contribution in [-0.4, -0.2) is 18.3 Å². The van der Waals surface area contributed by atoms with E-state index in [0.717, 1.165) is 11.3 Å². The normalized spacial score (nSPS) is 10.9. The maximum atomic E-state index is 12.0. The van der Waals surface area contributed by atoms with Crippen molar-refractivity contribution < 1.29 is 14.4 Å². The first-order valence-electron chi connectivity index (χ1n) is 8.80. The van der Waals surface area contributed by atoms with Crippen molar-refractivity contribution in [2.75, 3.05) is 11.9 Å². The largest absolute Gasteiger partial charge is 0.457 e. The molecule has 3 aromatic carbocycles. The zero-order valence-electron chi connectivity index (χ0n) is 15.2. The molecule has 6 nitrogen and oxygen atoms in total. The predicted octanol–water partition coefficient (Wildman–Crippen LogP) is 3.95. The van der Waals surface area contributed by atoms with Gasteiger partial charge >= 0.3 is 0 Å². The van der Waals surface area contributed by atoms with Crippen molar-refractivity contribution in [3.63, 3.8) is 0 Å². The second kappa shape index (κ2) is 9.78. The lowest BCUT2D eigenvalue weighted by atomic mass is 10.1. The second-order valence-corrected chi connectivity index (χ2v) is 6.01. The van der Waals surface area contributed by atoms with Gasteiger partial charge in [0.25, 0.3) is 5.91 Å². The molecule has 0 spiro atoms. The lowest BCUT2D eigenvalue weighted by molar-refractivity contribution is -0.120. The van der Waals surface area contributed by atoms with Crippen LogP contribution in [0.2, 0.25) is 0 Å². The Bertz CT molecular complexity index is 928. The summed E-state index contributed by atoms with van der Waals surface area (Å²) in [5.41, 5.74) is 7.44. The minimum absolute atomic E-state index is 0.237. The number of nitrogens with zero attached hydrogens (tertiary/aromatic N) is 1. The molecule has 0 fully saturated rings. The molecule has 0 saturated heterocycles. The molecular formula is C22H21N3O3. The van der Waals surface area contributed by atoms with Gasteiger partial charge < -0.3 is 20.6 Å². The standard InChI is InChI=1S/C22H21N3O3/c23-21(14-17-8-3-1-4-9-17)25-27-16-22(26)24-18-10-7-13-20(15-18)28-19-11-5-2-6-12-19/h1-13,15H,14,16H2,(H2,23,25)(H,24,26). The fourth-order valence-corrected chi connectivity index (χ4v) is 2.47. The van der Waals surface area contributed by atoms with Gasteiger partial charge in [-0.1, -0.05) is 59.8 Å². The van der Waals surface area contributed by atoms with Gasteiger partial charge in [-0.25, -0.2) is 0 Å². The third-order valence-corrected chi connectivity index (χ3v) is 3.70. The Morgan fingerprint density at radius 2 is 1.57 bits per heavy atom. The summed E-state index contributed by atoms with van der Waals surface area (Å²) in [7, 11) is 0. The third kappa shape index (κ3) is 6.17. The Balaban J connectivity index is 1.48. The van der Waals surface area contributed by atoms with Gasteiger partial charge in [-0.3, -0.25) is 4.79 Å². The highest BCUT2D eigenvalue weighted by atomic mass is 16.6. The van der Waals surface area contributed by atoms with Crippen LogP contribution in [0.25, 0.3) is 0 Å². The molecule has 0 radical (unpaired) electrons. The number of anilines is 1. The highest BCUT2D eigenvalue weighted by molar-refractivity contribution is 5.92. The molecule has 0 heterocycles. The number of oxime groups is 1. The zero-order chi connectivity index (χ0) is 19.6. The molecule has 1 amide bonds. The molecule has 0 saturated carbocycles. The monoisotopic (exact) mass is 375 g/mol. The third-order valence-electron chi connectivity index (χ3n) is 3.70. The van der Waals surface area contributed by atoms with E-state index in [1.54, 1.807) is 18.2 Å². The molecule has 142 valence electrons. The first-order valence-corrected chi connectivity index (χ1v) is 8.80. The van der Waals surface area contributed by atoms with E-state index in [1.807, 2.05) is 66.7 Å². The number of amides is 1. The van der Waals surface area contributed by atoms with Crippen LogP contribution in [0.3, 0.4) is 0 Å². The average molecular weight is 375 g/mol. The van der Waals surface area contributed by atoms with Gasteiger partial charge in [0.1, 0.15) is 17.3 Å². The zero-order valence-corrected chi connectivity index (χ0v) is 15.2. The number of carbonyl (C=O) groups is 1. The van der Waals surface area contributed by atoms with Crippen LogP contribution in [0.1, 0.15) is 5.56 Å². The summed E-state index contributed by atoms with van der Waals surface area (Å²) in [6.07, 6.45) is 0.460. The van der Waals surface area contributed by atoms with E-state index < -0.39 is 0 Å². The van der Waals surface area contributed by atoms with Gasteiger partial charge in [0.2, 0.25) is 0 Å². The molecule has 0 aliphatic heterocycles. The number of carbonyl (C=O) groups excluding carboxylic acids is 1. The van der Waals surface area contributed by atoms with Gasteiger partial charge in [-0.15, -0.1) is 0 Å². The Labute approximate surface area is 163 Å². The van der Waals surface area contributed by atoms with E-state index in [0.29, 0.717) is 23.7 Å². The number of amidine groups is 1. The molecule has 3 rings (SSSR count). The highest BCUT2D eigenvalue weighted by Gasteiger charge is 2.05. The number of hydrogen-bond acceptors (Lipinski definition) is 4. The van der Waals surface area contributed by atoms with Gasteiger partial charge in [-0.2, -0.15) is 0 Å². The summed E-state index contributed by atoms with van der Waals surface area (Å²) in [5.74, 6) is 1.30. The maximum Gasteiger partial charge on any atom is 0.265 e. The number of rotatable bonds is 8. The van der Waals surface area contributed by atoms with Crippen LogP contribution < -0.4 is 15.8 Å². The molecule has 3 aromatic rings. The lowest BCUT2D eigenvalue weighted by Gasteiger charge is -2.09. The van der Waals surface area contributed by atoms with E-state index in [4.69, 9.17) is 15.3 Å². The van der Waals surface area contributed by atoms with Crippen LogP contribution in [0.5, 0.6) is 11.5 Å². The number of ether oxygens (including phenoxy) is 1. The Morgan fingerprint density at radius 1 is 0.893 bits per heavy atom. The van der Waals surface area contributed by atoms with Crippen LogP contribution >= 0.6 is 0 Å². The summed E-state index contributed by atoms with van der Waals surface area (Å²) in [6.45, 7) is -0.237. The first kappa shape index (κ1) is 19.0. The van der Waals surface area contributed by atoms with Crippen molar-refractivity contribution in [1.29, 1.82) is 0 Å². The Kier molecular flexibility index (Phi) is 6.62. The van der Waals surface area contributed by atoms with E-state index in [2.05, 4.69) is 10.5 Å². The van der Waals surface area contributed by atoms with Crippen molar-refractivity contribution in [1.82, 2.24) is 0 Å². The van der Waals surface area contributed by atoms with Gasteiger partial charge in [0.05, 0.1) is 0 Å². The topological polar surface area (TPSA) is 85.9 Å². The number of nitrogens with one attached hydrogen (secondary N) is 1. The molecule has 0 atom stereocenters. The molecule has 0 bridgehead atoms. The molecular weight excluding hydrogens is 354 g/mol. The second-order valence-electron chi connectivity index (χ2n) is 6.01. The van der Waals surface area contributed by atoms with Crippen LogP contribution in [0.15, 0.2) is 90.1 Å². The number of hydrogen-bond donors (Lipinski definition) is 2. The predicted molar refractivity (Wildman–Crippen MR) is 109 cm³/mol. The van der Waals surface area contributed by atoms with Crippen molar-refractivity contribution in [2.24, 2.45) is 10.9 Å². The van der Waals surface area contributed by atoms with E-state index >= 15 is 0 Å². The smallest absolute Gasteiger partial charge is 0.265 e.